The van der Waals surface area contributed by atoms with Crippen molar-refractivity contribution in [1.82, 2.24) is 0 Å². The molecule has 0 radical (unpaired) electrons. The van der Waals surface area contributed by atoms with Crippen LogP contribution >= 0.6 is 22.6 Å². The first kappa shape index (κ1) is 19.9. The molecule has 0 unspecified atom stereocenters. The highest BCUT2D eigenvalue weighted by atomic mass is 127. The Kier molecular flexibility index (Phi) is 5.74. The molecule has 10 heteroatoms. The molecule has 5 nitrogen and oxygen atoms in total. The molecule has 0 atom stereocenters. The topological polar surface area (TPSA) is 83.8 Å². The molecule has 0 heterocycles. The van der Waals surface area contributed by atoms with Gasteiger partial charge in [-0.3, -0.25) is 0 Å². The number of phenols is 1. The summed E-state index contributed by atoms with van der Waals surface area (Å²) in [6.45, 7) is 1.06. The average Bonchev–Trinajstić information content (AvgIpc) is 2.58. The zero-order valence-corrected chi connectivity index (χ0v) is 15.0. The van der Waals surface area contributed by atoms with E-state index in [2.05, 4.69) is 0 Å². The highest BCUT2D eigenvalue weighted by Crippen LogP contribution is 2.27. The number of carboxylic acid groups (broad SMARTS) is 1. The van der Waals surface area contributed by atoms with Gasteiger partial charge in [-0.25, -0.2) is 27.2 Å². The molecule has 0 spiro atoms. The number of carbonyl (C=O) groups excluding carboxylic acids is 1. The summed E-state index contributed by atoms with van der Waals surface area (Å²) >= 11 is 1.81. The number of aryl methyl sites for hydroxylation is 1. The molecule has 0 fully saturated rings. The van der Waals surface area contributed by atoms with E-state index in [4.69, 9.17) is 9.84 Å². The van der Waals surface area contributed by atoms with Gasteiger partial charge in [0.2, 0.25) is 0 Å². The number of carbonyl (C=O) groups is 2. The van der Waals surface area contributed by atoms with E-state index in [1.165, 1.54) is 12.1 Å². The Balaban J connectivity index is 2.40. The Hall–Kier alpha value is -2.37. The maximum Gasteiger partial charge on any atom is 0.342 e. The summed E-state index contributed by atoms with van der Waals surface area (Å²) in [6.07, 6.45) is 0. The molecule has 0 aliphatic carbocycles. The van der Waals surface area contributed by atoms with E-state index in [1.54, 1.807) is 29.5 Å². The Bertz CT molecular complexity index is 907. The molecule has 2 aromatic carbocycles. The first-order chi connectivity index (χ1) is 12.1. The van der Waals surface area contributed by atoms with Gasteiger partial charge >= 0.3 is 11.9 Å². The summed E-state index contributed by atoms with van der Waals surface area (Å²) in [7, 11) is 0. The number of ether oxygens (including phenoxy) is 1. The Labute approximate surface area is 157 Å². The van der Waals surface area contributed by atoms with Gasteiger partial charge in [-0.1, -0.05) is 0 Å². The molecule has 0 bridgehead atoms. The zero-order chi connectivity index (χ0) is 19.8. The van der Waals surface area contributed by atoms with Gasteiger partial charge in [-0.2, -0.15) is 0 Å². The number of esters is 1. The Morgan fingerprint density at radius 2 is 1.58 bits per heavy atom. The normalized spacial score (nSPS) is 10.7. The summed E-state index contributed by atoms with van der Waals surface area (Å²) in [5.74, 6) is -12.9. The van der Waals surface area contributed by atoms with Crippen LogP contribution in [0.5, 0.6) is 5.75 Å². The van der Waals surface area contributed by atoms with Crippen molar-refractivity contribution in [1.29, 1.82) is 0 Å². The zero-order valence-electron chi connectivity index (χ0n) is 12.9. The van der Waals surface area contributed by atoms with Crippen LogP contribution in [0.1, 0.15) is 31.8 Å². The Morgan fingerprint density at radius 3 is 2.08 bits per heavy atom. The average molecular weight is 484 g/mol. The summed E-state index contributed by atoms with van der Waals surface area (Å²) in [5.41, 5.74) is -2.43. The van der Waals surface area contributed by atoms with Gasteiger partial charge in [-0.05, 0) is 52.8 Å². The summed E-state index contributed by atoms with van der Waals surface area (Å²) in [4.78, 5) is 23.0. The van der Waals surface area contributed by atoms with Crippen LogP contribution in [-0.2, 0) is 11.3 Å². The first-order valence-corrected chi connectivity index (χ1v) is 7.88. The molecule has 2 N–H and O–H groups in total. The molecular formula is C16H9F4IO5. The number of phenolic OH excluding ortho intramolecular Hbond substituents is 1. The third-order valence-electron chi connectivity index (χ3n) is 3.37. The third kappa shape index (κ3) is 3.59. The number of benzene rings is 2. The number of carboxylic acids is 1. The molecule has 26 heavy (non-hydrogen) atoms. The van der Waals surface area contributed by atoms with E-state index < -0.39 is 52.9 Å². The lowest BCUT2D eigenvalue weighted by atomic mass is 10.1. The first-order valence-electron chi connectivity index (χ1n) is 6.80. The monoisotopic (exact) mass is 484 g/mol. The summed E-state index contributed by atoms with van der Waals surface area (Å²) < 4.78 is 59.1. The lowest BCUT2D eigenvalue weighted by molar-refractivity contribution is 0.0453. The minimum atomic E-state index is -2.35. The van der Waals surface area contributed by atoms with Gasteiger partial charge in [0.1, 0.15) is 23.5 Å². The van der Waals surface area contributed by atoms with Crippen LogP contribution in [0.15, 0.2) is 12.1 Å². The van der Waals surface area contributed by atoms with Crippen molar-refractivity contribution in [3.63, 3.8) is 0 Å². The predicted octanol–water partition coefficient (Wildman–Crippen LogP) is 3.92. The molecule has 138 valence electrons. The van der Waals surface area contributed by atoms with Crippen LogP contribution in [-0.4, -0.2) is 22.2 Å². The van der Waals surface area contributed by atoms with Crippen LogP contribution in [0.4, 0.5) is 17.6 Å². The fourth-order valence-corrected chi connectivity index (χ4v) is 2.96. The minimum absolute atomic E-state index is 0.00237. The van der Waals surface area contributed by atoms with Crippen LogP contribution < -0.4 is 0 Å². The van der Waals surface area contributed by atoms with Crippen molar-refractivity contribution in [2.24, 2.45) is 0 Å². The van der Waals surface area contributed by atoms with Crippen LogP contribution in [0, 0.1) is 33.8 Å². The predicted molar refractivity (Wildman–Crippen MR) is 87.9 cm³/mol. The number of hydrogen-bond donors (Lipinski definition) is 2. The maximum atomic E-state index is 13.8. The van der Waals surface area contributed by atoms with Gasteiger partial charge in [0, 0.05) is 0 Å². The maximum absolute atomic E-state index is 13.8. The van der Waals surface area contributed by atoms with Crippen LogP contribution in [0.2, 0.25) is 0 Å². The van der Waals surface area contributed by atoms with Crippen LogP contribution in [0.25, 0.3) is 0 Å². The molecule has 0 aromatic heterocycles. The van der Waals surface area contributed by atoms with Crippen molar-refractivity contribution in [2.75, 3.05) is 0 Å². The lowest BCUT2D eigenvalue weighted by Crippen LogP contribution is -2.19. The van der Waals surface area contributed by atoms with Crippen molar-refractivity contribution < 1.29 is 42.1 Å². The highest BCUT2D eigenvalue weighted by Gasteiger charge is 2.33. The summed E-state index contributed by atoms with van der Waals surface area (Å²) in [5, 5.41) is 18.5. The van der Waals surface area contributed by atoms with Crippen LogP contribution in [0.3, 0.4) is 0 Å². The largest absolute Gasteiger partial charge is 0.507 e. The Morgan fingerprint density at radius 1 is 1.04 bits per heavy atom. The van der Waals surface area contributed by atoms with Gasteiger partial charge in [0.15, 0.2) is 23.3 Å². The van der Waals surface area contributed by atoms with Gasteiger partial charge < -0.3 is 14.9 Å². The fraction of sp³-hybridized carbons (Fsp3) is 0.125. The van der Waals surface area contributed by atoms with Gasteiger partial charge in [-0.15, -0.1) is 0 Å². The van der Waals surface area contributed by atoms with E-state index >= 15 is 0 Å². The molecule has 0 amide bonds. The molecule has 0 aliphatic rings. The molecule has 2 rings (SSSR count). The smallest absolute Gasteiger partial charge is 0.342 e. The van der Waals surface area contributed by atoms with Gasteiger partial charge in [0.25, 0.3) is 0 Å². The van der Waals surface area contributed by atoms with E-state index in [9.17, 15) is 32.3 Å². The molecular weight excluding hydrogens is 475 g/mol. The second kappa shape index (κ2) is 7.48. The number of hydrogen-bond acceptors (Lipinski definition) is 4. The quantitative estimate of drug-likeness (QED) is 0.226. The molecule has 0 saturated heterocycles. The van der Waals surface area contributed by atoms with Crippen molar-refractivity contribution in [2.45, 2.75) is 13.5 Å². The van der Waals surface area contributed by atoms with E-state index in [1.807, 2.05) is 0 Å². The SMILES string of the molecule is Cc1cc(COC(=O)c2c(F)c(F)c(F)c(F)c2C(=O)O)cc(I)c1O. The number of rotatable bonds is 4. The fourth-order valence-electron chi connectivity index (χ4n) is 2.14. The van der Waals surface area contributed by atoms with E-state index in [0.29, 0.717) is 14.7 Å². The van der Waals surface area contributed by atoms with Crippen molar-refractivity contribution in [3.05, 3.63) is 61.2 Å². The molecule has 0 saturated carbocycles. The lowest BCUT2D eigenvalue weighted by Gasteiger charge is -2.11. The summed E-state index contributed by atoms with van der Waals surface area (Å²) in [6, 6.07) is 2.86. The van der Waals surface area contributed by atoms with E-state index in [-0.39, 0.29) is 5.75 Å². The molecule has 0 aliphatic heterocycles. The molecule has 2 aromatic rings. The second-order valence-electron chi connectivity index (χ2n) is 5.13. The number of halogens is 5. The number of aromatic carboxylic acids is 1. The van der Waals surface area contributed by atoms with Crippen molar-refractivity contribution >= 4 is 34.5 Å². The minimum Gasteiger partial charge on any atom is -0.507 e. The standard InChI is InChI=1S/C16H9F4IO5/c1-5-2-6(3-7(21)14(5)22)4-26-16(25)9-8(15(23)24)10(17)12(19)13(20)11(9)18/h2-3,22H,4H2,1H3,(H,23,24). The van der Waals surface area contributed by atoms with Crippen molar-refractivity contribution in [3.8, 4) is 5.75 Å². The van der Waals surface area contributed by atoms with E-state index in [0.717, 1.165) is 0 Å². The highest BCUT2D eigenvalue weighted by molar-refractivity contribution is 14.1. The third-order valence-corrected chi connectivity index (χ3v) is 4.19. The number of aromatic hydroxyl groups is 1. The second-order valence-corrected chi connectivity index (χ2v) is 6.29. The van der Waals surface area contributed by atoms with Gasteiger partial charge in [0.05, 0.1) is 3.57 Å².